The molecule has 1 unspecified atom stereocenters. The standard InChI is InChI=1S/C11H16F2O4S/c12-11(13)4-2-10(3-5-11,9(14)15)8-1-6-18(16,17)7-8/h8H,1-7H2,(H,14,15). The predicted molar refractivity (Wildman–Crippen MR) is 60.2 cm³/mol. The van der Waals surface area contributed by atoms with Gasteiger partial charge in [0.2, 0.25) is 5.92 Å². The molecule has 1 N–H and O–H groups in total. The van der Waals surface area contributed by atoms with Gasteiger partial charge in [-0.1, -0.05) is 0 Å². The van der Waals surface area contributed by atoms with Crippen molar-refractivity contribution in [2.75, 3.05) is 11.5 Å². The second-order valence-corrected chi connectivity index (χ2v) is 7.65. The third-order valence-corrected chi connectivity index (χ3v) is 6.08. The van der Waals surface area contributed by atoms with Crippen molar-refractivity contribution in [2.45, 2.75) is 38.0 Å². The Kier molecular flexibility index (Phi) is 3.16. The van der Waals surface area contributed by atoms with Gasteiger partial charge in [-0.25, -0.2) is 17.2 Å². The molecule has 2 fully saturated rings. The van der Waals surface area contributed by atoms with Crippen LogP contribution in [0, 0.1) is 11.3 Å². The number of sulfone groups is 1. The number of hydrogen-bond acceptors (Lipinski definition) is 3. The van der Waals surface area contributed by atoms with Crippen molar-refractivity contribution in [2.24, 2.45) is 11.3 Å². The zero-order chi connectivity index (χ0) is 13.6. The summed E-state index contributed by atoms with van der Waals surface area (Å²) in [6, 6.07) is 0. The number of aliphatic carboxylic acids is 1. The normalized spacial score (nSPS) is 33.1. The minimum Gasteiger partial charge on any atom is -0.481 e. The fraction of sp³-hybridized carbons (Fsp3) is 0.909. The highest BCUT2D eigenvalue weighted by molar-refractivity contribution is 7.91. The third kappa shape index (κ3) is 2.37. The lowest BCUT2D eigenvalue weighted by molar-refractivity contribution is -0.161. The summed E-state index contributed by atoms with van der Waals surface area (Å²) in [6.45, 7) is 0. The molecular formula is C11H16F2O4S. The molecule has 18 heavy (non-hydrogen) atoms. The first kappa shape index (κ1) is 13.7. The molecule has 0 aromatic rings. The van der Waals surface area contributed by atoms with Crippen LogP contribution in [-0.2, 0) is 14.6 Å². The molecule has 0 bridgehead atoms. The summed E-state index contributed by atoms with van der Waals surface area (Å²) in [7, 11) is -3.20. The van der Waals surface area contributed by atoms with Gasteiger partial charge in [0.25, 0.3) is 0 Å². The van der Waals surface area contributed by atoms with Crippen LogP contribution >= 0.6 is 0 Å². The summed E-state index contributed by atoms with van der Waals surface area (Å²) in [6.07, 6.45) is -0.906. The summed E-state index contributed by atoms with van der Waals surface area (Å²) in [4.78, 5) is 11.4. The van der Waals surface area contributed by atoms with Crippen molar-refractivity contribution < 1.29 is 27.1 Å². The molecule has 1 saturated heterocycles. The lowest BCUT2D eigenvalue weighted by Crippen LogP contribution is -2.45. The van der Waals surface area contributed by atoms with E-state index in [1.54, 1.807) is 0 Å². The Balaban J connectivity index is 2.22. The highest BCUT2D eigenvalue weighted by atomic mass is 32.2. The number of carbonyl (C=O) groups is 1. The zero-order valence-corrected chi connectivity index (χ0v) is 10.7. The summed E-state index contributed by atoms with van der Waals surface area (Å²) in [5.74, 6) is -4.65. The molecule has 7 heteroatoms. The van der Waals surface area contributed by atoms with Crippen molar-refractivity contribution in [1.82, 2.24) is 0 Å². The number of halogens is 2. The first-order chi connectivity index (χ1) is 8.17. The van der Waals surface area contributed by atoms with Gasteiger partial charge in [0.05, 0.1) is 16.9 Å². The summed E-state index contributed by atoms with van der Waals surface area (Å²) >= 11 is 0. The van der Waals surface area contributed by atoms with Gasteiger partial charge in [-0.05, 0) is 25.2 Å². The maximum atomic E-state index is 13.1. The lowest BCUT2D eigenvalue weighted by Gasteiger charge is -2.40. The van der Waals surface area contributed by atoms with Crippen LogP contribution < -0.4 is 0 Å². The van der Waals surface area contributed by atoms with Crippen molar-refractivity contribution in [1.29, 1.82) is 0 Å². The number of carboxylic acids is 1. The highest BCUT2D eigenvalue weighted by Gasteiger charge is 2.54. The quantitative estimate of drug-likeness (QED) is 0.836. The van der Waals surface area contributed by atoms with Gasteiger partial charge >= 0.3 is 5.97 Å². The highest BCUT2D eigenvalue weighted by Crippen LogP contribution is 2.50. The molecule has 1 atom stereocenters. The minimum atomic E-state index is -3.20. The molecule has 2 aliphatic rings. The molecule has 1 heterocycles. The fourth-order valence-corrected chi connectivity index (χ4v) is 5.00. The molecular weight excluding hydrogens is 266 g/mol. The molecule has 0 spiro atoms. The summed E-state index contributed by atoms with van der Waals surface area (Å²) < 4.78 is 49.1. The number of hydrogen-bond donors (Lipinski definition) is 1. The van der Waals surface area contributed by atoms with E-state index < -0.39 is 45.9 Å². The Bertz CT molecular complexity index is 448. The van der Waals surface area contributed by atoms with E-state index in [1.165, 1.54) is 0 Å². The summed E-state index contributed by atoms with van der Waals surface area (Å²) in [5.41, 5.74) is -1.27. The first-order valence-corrected chi connectivity index (χ1v) is 7.81. The van der Waals surface area contributed by atoms with Crippen LogP contribution in [0.3, 0.4) is 0 Å². The lowest BCUT2D eigenvalue weighted by atomic mass is 9.65. The Labute approximate surface area is 104 Å². The second kappa shape index (κ2) is 4.15. The van der Waals surface area contributed by atoms with Crippen LogP contribution in [0.5, 0.6) is 0 Å². The molecule has 0 aromatic carbocycles. The van der Waals surface area contributed by atoms with E-state index in [-0.39, 0.29) is 30.8 Å². The van der Waals surface area contributed by atoms with Gasteiger partial charge in [0, 0.05) is 12.8 Å². The molecule has 0 amide bonds. The van der Waals surface area contributed by atoms with Crippen molar-refractivity contribution >= 4 is 15.8 Å². The molecule has 4 nitrogen and oxygen atoms in total. The average molecular weight is 282 g/mol. The molecule has 1 aliphatic carbocycles. The van der Waals surface area contributed by atoms with Gasteiger partial charge in [-0.3, -0.25) is 4.79 Å². The topological polar surface area (TPSA) is 71.4 Å². The molecule has 0 aromatic heterocycles. The molecule has 1 saturated carbocycles. The smallest absolute Gasteiger partial charge is 0.309 e. The maximum Gasteiger partial charge on any atom is 0.309 e. The molecule has 104 valence electrons. The molecule has 2 rings (SSSR count). The van der Waals surface area contributed by atoms with E-state index in [9.17, 15) is 27.1 Å². The third-order valence-electron chi connectivity index (χ3n) is 4.31. The van der Waals surface area contributed by atoms with Crippen molar-refractivity contribution in [3.05, 3.63) is 0 Å². The van der Waals surface area contributed by atoms with Crippen molar-refractivity contribution in [3.63, 3.8) is 0 Å². The fourth-order valence-electron chi connectivity index (χ4n) is 3.09. The first-order valence-electron chi connectivity index (χ1n) is 5.99. The van der Waals surface area contributed by atoms with Gasteiger partial charge in [0.15, 0.2) is 9.84 Å². The molecule has 1 aliphatic heterocycles. The Morgan fingerprint density at radius 2 is 1.72 bits per heavy atom. The van der Waals surface area contributed by atoms with E-state index >= 15 is 0 Å². The summed E-state index contributed by atoms with van der Waals surface area (Å²) in [5, 5.41) is 9.35. The SMILES string of the molecule is O=C(O)C1(C2CCS(=O)(=O)C2)CCC(F)(F)CC1. The largest absolute Gasteiger partial charge is 0.481 e. The Morgan fingerprint density at radius 3 is 2.11 bits per heavy atom. The Hall–Kier alpha value is -0.720. The van der Waals surface area contributed by atoms with Crippen LogP contribution in [0.25, 0.3) is 0 Å². The monoisotopic (exact) mass is 282 g/mol. The van der Waals surface area contributed by atoms with E-state index in [0.29, 0.717) is 0 Å². The Morgan fingerprint density at radius 1 is 1.17 bits per heavy atom. The van der Waals surface area contributed by atoms with E-state index in [0.717, 1.165) is 0 Å². The van der Waals surface area contributed by atoms with Gasteiger partial charge < -0.3 is 5.11 Å². The minimum absolute atomic E-state index is 0.0247. The van der Waals surface area contributed by atoms with E-state index in [4.69, 9.17) is 0 Å². The zero-order valence-electron chi connectivity index (χ0n) is 9.86. The van der Waals surface area contributed by atoms with Crippen LogP contribution in [-0.4, -0.2) is 36.9 Å². The van der Waals surface area contributed by atoms with E-state index in [1.807, 2.05) is 0 Å². The molecule has 0 radical (unpaired) electrons. The van der Waals surface area contributed by atoms with Crippen molar-refractivity contribution in [3.8, 4) is 0 Å². The van der Waals surface area contributed by atoms with Gasteiger partial charge in [-0.15, -0.1) is 0 Å². The van der Waals surface area contributed by atoms with Gasteiger partial charge in [0.1, 0.15) is 0 Å². The van der Waals surface area contributed by atoms with Crippen LogP contribution in [0.2, 0.25) is 0 Å². The maximum absolute atomic E-state index is 13.1. The number of rotatable bonds is 2. The van der Waals surface area contributed by atoms with E-state index in [2.05, 4.69) is 0 Å². The van der Waals surface area contributed by atoms with Gasteiger partial charge in [-0.2, -0.15) is 0 Å². The predicted octanol–water partition coefficient (Wildman–Crippen LogP) is 1.70. The second-order valence-electron chi connectivity index (χ2n) is 5.42. The van der Waals surface area contributed by atoms with Crippen LogP contribution in [0.15, 0.2) is 0 Å². The van der Waals surface area contributed by atoms with Crippen LogP contribution in [0.1, 0.15) is 32.1 Å². The number of carboxylic acid groups (broad SMARTS) is 1. The van der Waals surface area contributed by atoms with Crippen LogP contribution in [0.4, 0.5) is 8.78 Å². The average Bonchev–Trinajstić information content (AvgIpc) is 2.59. The number of alkyl halides is 2.